The van der Waals surface area contributed by atoms with Gasteiger partial charge in [0.1, 0.15) is 0 Å². The van der Waals surface area contributed by atoms with Crippen molar-refractivity contribution in [2.75, 3.05) is 0 Å². The van der Waals surface area contributed by atoms with Crippen LogP contribution in [0, 0.1) is 64.1 Å². The van der Waals surface area contributed by atoms with Crippen molar-refractivity contribution in [1.29, 1.82) is 0 Å². The minimum absolute atomic E-state index is 0. The molecule has 0 radical (unpaired) electrons. The van der Waals surface area contributed by atoms with Crippen LogP contribution in [0.4, 0.5) is 0 Å². The summed E-state index contributed by atoms with van der Waals surface area (Å²) in [7, 11) is 0. The summed E-state index contributed by atoms with van der Waals surface area (Å²) in [4.78, 5) is 0. The number of rotatable bonds is 4. The van der Waals surface area contributed by atoms with Crippen molar-refractivity contribution in [2.24, 2.45) is 64.1 Å². The van der Waals surface area contributed by atoms with Crippen LogP contribution in [0.3, 0.4) is 0 Å². The van der Waals surface area contributed by atoms with E-state index in [1.807, 2.05) is 11.1 Å². The van der Waals surface area contributed by atoms with Gasteiger partial charge in [-0.25, -0.2) is 0 Å². The Morgan fingerprint density at radius 3 is 1.57 bits per heavy atom. The van der Waals surface area contributed by atoms with Crippen molar-refractivity contribution in [3.63, 3.8) is 0 Å². The zero-order chi connectivity index (χ0) is 36.5. The first-order chi connectivity index (χ1) is 26.7. The quantitative estimate of drug-likeness (QED) is 0.270. The van der Waals surface area contributed by atoms with Gasteiger partial charge in [0.05, 0.1) is 0 Å². The third kappa shape index (κ3) is 5.71. The molecule has 306 valence electrons. The molecule has 0 spiro atoms. The van der Waals surface area contributed by atoms with Gasteiger partial charge in [0.25, 0.3) is 0 Å². The molecule has 0 aromatic heterocycles. The van der Waals surface area contributed by atoms with E-state index >= 15 is 0 Å². The standard InChI is InChI=1S/C55H68.2ClH.Zr/c1-52(2,3)42-25-48-43-11-7-8-12-49(43)55(50(48)26-42,39-9-5-4-6-10-39)51-44-15-13-40(53-27-33-17-34(28-53)19-35(18-33)29-53)23-46(44)47-24-41(14-16-45(47)51)54-30-36-20-37(31-54)22-38(21-36)32-54;;;/h4-5,13-16,23-24,26,33-39,43,49,51H,6-12,17-22,25,27-32H2,1-3H3;2*1H;/q;;;+2/p-2. The maximum Gasteiger partial charge on any atom is 2.00 e. The van der Waals surface area contributed by atoms with Gasteiger partial charge in [0.15, 0.2) is 0 Å². The van der Waals surface area contributed by atoms with E-state index in [-0.39, 0.29) is 61.8 Å². The number of hydrogen-bond acceptors (Lipinski definition) is 0. The van der Waals surface area contributed by atoms with Crippen LogP contribution >= 0.6 is 0 Å². The van der Waals surface area contributed by atoms with Crippen molar-refractivity contribution in [2.45, 2.75) is 166 Å². The molecular formula is C55H68Cl2Zr. The molecule has 4 atom stereocenters. The summed E-state index contributed by atoms with van der Waals surface area (Å²) in [6.07, 6.45) is 37.0. The van der Waals surface area contributed by atoms with Gasteiger partial charge in [-0.15, -0.1) is 0 Å². The van der Waals surface area contributed by atoms with Crippen molar-refractivity contribution in [3.05, 3.63) is 93.6 Å². The van der Waals surface area contributed by atoms with Crippen LogP contribution < -0.4 is 24.8 Å². The summed E-state index contributed by atoms with van der Waals surface area (Å²) in [6.45, 7) is 7.51. The van der Waals surface area contributed by atoms with Gasteiger partial charge in [-0.1, -0.05) is 99.4 Å². The Hall–Kier alpha value is -0.877. The summed E-state index contributed by atoms with van der Waals surface area (Å²) < 4.78 is 0. The molecule has 2 aromatic rings. The molecule has 0 aliphatic heterocycles. The summed E-state index contributed by atoms with van der Waals surface area (Å²) in [5.41, 5.74) is 17.2. The molecule has 2 aromatic carbocycles. The smallest absolute Gasteiger partial charge is 1.00 e. The van der Waals surface area contributed by atoms with Gasteiger partial charge in [0, 0.05) is 11.3 Å². The summed E-state index contributed by atoms with van der Waals surface area (Å²) >= 11 is 0. The van der Waals surface area contributed by atoms with Gasteiger partial charge < -0.3 is 24.8 Å². The van der Waals surface area contributed by atoms with Crippen molar-refractivity contribution in [1.82, 2.24) is 0 Å². The summed E-state index contributed by atoms with van der Waals surface area (Å²) in [5.74, 6) is 8.72. The number of hydrogen-bond donors (Lipinski definition) is 0. The van der Waals surface area contributed by atoms with Gasteiger partial charge in [-0.3, -0.25) is 0 Å². The van der Waals surface area contributed by atoms with Crippen LogP contribution in [-0.2, 0) is 37.0 Å². The fourth-order valence-corrected chi connectivity index (χ4v) is 18.9. The Labute approximate surface area is 383 Å². The van der Waals surface area contributed by atoms with Gasteiger partial charge >= 0.3 is 26.2 Å². The fraction of sp³-hybridized carbons (Fsp3) is 0.673. The largest absolute Gasteiger partial charge is 2.00 e. The van der Waals surface area contributed by atoms with Crippen LogP contribution in [0.1, 0.15) is 177 Å². The molecular weight excluding hydrogens is 823 g/mol. The second kappa shape index (κ2) is 14.3. The second-order valence-corrected chi connectivity index (χ2v) is 23.9. The molecule has 0 saturated heterocycles. The topological polar surface area (TPSA) is 0 Å². The average molecular weight is 891 g/mol. The molecule has 13 aliphatic carbocycles. The Morgan fingerprint density at radius 1 is 0.603 bits per heavy atom. The monoisotopic (exact) mass is 888 g/mol. The zero-order valence-electron chi connectivity index (χ0n) is 35.9. The van der Waals surface area contributed by atoms with E-state index < -0.39 is 0 Å². The van der Waals surface area contributed by atoms with Crippen LogP contribution in [0.2, 0.25) is 0 Å². The summed E-state index contributed by atoms with van der Waals surface area (Å²) in [6, 6.07) is 16.9. The van der Waals surface area contributed by atoms with Crippen LogP contribution in [0.25, 0.3) is 11.1 Å². The molecule has 9 fully saturated rings. The second-order valence-electron chi connectivity index (χ2n) is 23.9. The van der Waals surface area contributed by atoms with E-state index in [0.717, 1.165) is 53.3 Å². The Morgan fingerprint density at radius 2 is 1.10 bits per heavy atom. The van der Waals surface area contributed by atoms with E-state index in [1.165, 1.54) is 128 Å². The first-order valence-corrected chi connectivity index (χ1v) is 24.1. The van der Waals surface area contributed by atoms with Crippen molar-refractivity contribution >= 4 is 0 Å². The van der Waals surface area contributed by atoms with Crippen molar-refractivity contribution in [3.8, 4) is 11.1 Å². The number of halogens is 2. The van der Waals surface area contributed by atoms with Gasteiger partial charge in [-0.2, -0.15) is 0 Å². The molecule has 4 unspecified atom stereocenters. The third-order valence-corrected chi connectivity index (χ3v) is 20.0. The number of benzene rings is 2. The molecule has 0 amide bonds. The fourth-order valence-electron chi connectivity index (χ4n) is 18.9. The van der Waals surface area contributed by atoms with E-state index in [0.29, 0.717) is 16.7 Å². The first-order valence-electron chi connectivity index (χ1n) is 24.1. The van der Waals surface area contributed by atoms with E-state index in [4.69, 9.17) is 0 Å². The molecule has 13 aliphatic rings. The zero-order valence-corrected chi connectivity index (χ0v) is 39.8. The van der Waals surface area contributed by atoms with Crippen molar-refractivity contribution < 1.29 is 51.0 Å². The molecule has 0 N–H and O–H groups in total. The van der Waals surface area contributed by atoms with Crippen LogP contribution in [0.15, 0.2) is 71.3 Å². The predicted octanol–water partition coefficient (Wildman–Crippen LogP) is 8.58. The number of allylic oxidation sites excluding steroid dienone is 6. The van der Waals surface area contributed by atoms with Gasteiger partial charge in [-0.05, 0) is 224 Å². The Bertz CT molecular complexity index is 1910. The molecule has 9 saturated carbocycles. The molecule has 0 nitrogen and oxygen atoms in total. The predicted molar refractivity (Wildman–Crippen MR) is 227 cm³/mol. The summed E-state index contributed by atoms with van der Waals surface area (Å²) in [5, 5.41) is 0. The molecule has 8 bridgehead atoms. The minimum Gasteiger partial charge on any atom is -1.00 e. The van der Waals surface area contributed by atoms with E-state index in [9.17, 15) is 0 Å². The molecule has 15 rings (SSSR count). The molecule has 58 heavy (non-hydrogen) atoms. The normalized spacial score (nSPS) is 43.2. The van der Waals surface area contributed by atoms with Gasteiger partial charge in [0.2, 0.25) is 0 Å². The average Bonchev–Trinajstić information content (AvgIpc) is 3.83. The van der Waals surface area contributed by atoms with Crippen LogP contribution in [-0.4, -0.2) is 0 Å². The third-order valence-electron chi connectivity index (χ3n) is 20.0. The maximum absolute atomic E-state index is 2.90. The first kappa shape index (κ1) is 41.2. The van der Waals surface area contributed by atoms with Crippen LogP contribution in [0.5, 0.6) is 0 Å². The SMILES string of the molecule is CC(C)(C)C1=CC2=C(C1)C1CCCCC1C2(C1CC=CCC1)C1c2ccc(C34CC5CC(CC(C5)C3)C4)cc2-c2cc(C34CC5CC(CC(C5)C3)C4)ccc21.[Cl-].[Cl-].[Zr+2]. The van der Waals surface area contributed by atoms with E-state index in [1.54, 1.807) is 39.0 Å². The number of fused-ring (bicyclic) bond motifs is 5. The molecule has 0 heterocycles. The Balaban J connectivity index is 0.00000136. The van der Waals surface area contributed by atoms with E-state index in [2.05, 4.69) is 75.4 Å². The molecule has 3 heteroatoms. The minimum atomic E-state index is 0. The maximum atomic E-state index is 2.90. The Kier molecular flexibility index (Phi) is 10.2.